The van der Waals surface area contributed by atoms with E-state index in [4.69, 9.17) is 4.74 Å². The number of alkyl halides is 1. The van der Waals surface area contributed by atoms with Crippen molar-refractivity contribution < 1.29 is 4.74 Å². The molecule has 1 nitrogen and oxygen atoms in total. The number of hydrogen-bond acceptors (Lipinski definition) is 1. The third kappa shape index (κ3) is 3.20. The van der Waals surface area contributed by atoms with E-state index in [1.165, 1.54) is 51.4 Å². The molecule has 0 aromatic heterocycles. The van der Waals surface area contributed by atoms with Crippen LogP contribution in [0.15, 0.2) is 0 Å². The van der Waals surface area contributed by atoms with E-state index < -0.39 is 0 Å². The summed E-state index contributed by atoms with van der Waals surface area (Å²) in [6.45, 7) is 2.32. The van der Waals surface area contributed by atoms with Crippen LogP contribution >= 0.6 is 15.9 Å². The smallest absolute Gasteiger partial charge is 0.0703 e. The van der Waals surface area contributed by atoms with E-state index in [-0.39, 0.29) is 0 Å². The molecular formula is C13H23BrO. The minimum absolute atomic E-state index is 0.505. The number of hydrogen-bond donors (Lipinski definition) is 0. The molecule has 0 aromatic carbocycles. The Bertz CT molecular complexity index is 195. The van der Waals surface area contributed by atoms with E-state index in [2.05, 4.69) is 22.9 Å². The molecular weight excluding hydrogens is 252 g/mol. The third-order valence-corrected chi connectivity index (χ3v) is 5.10. The predicted molar refractivity (Wildman–Crippen MR) is 67.5 cm³/mol. The molecule has 15 heavy (non-hydrogen) atoms. The quantitative estimate of drug-likeness (QED) is 0.698. The Hall–Kier alpha value is 0.440. The Kier molecular flexibility index (Phi) is 4.51. The zero-order valence-electron chi connectivity index (χ0n) is 9.75. The highest BCUT2D eigenvalue weighted by Crippen LogP contribution is 2.34. The Morgan fingerprint density at radius 3 is 2.60 bits per heavy atom. The molecule has 88 valence electrons. The molecule has 0 saturated heterocycles. The molecule has 0 aromatic rings. The summed E-state index contributed by atoms with van der Waals surface area (Å²) in [4.78, 5) is 0.625. The topological polar surface area (TPSA) is 9.23 Å². The van der Waals surface area contributed by atoms with Gasteiger partial charge in [0.1, 0.15) is 0 Å². The van der Waals surface area contributed by atoms with Crippen LogP contribution in [0.1, 0.15) is 58.3 Å². The van der Waals surface area contributed by atoms with Gasteiger partial charge >= 0.3 is 0 Å². The minimum atomic E-state index is 0.505. The van der Waals surface area contributed by atoms with Gasteiger partial charge in [0.2, 0.25) is 0 Å². The minimum Gasteiger partial charge on any atom is -0.374 e. The van der Waals surface area contributed by atoms with Gasteiger partial charge < -0.3 is 4.74 Å². The van der Waals surface area contributed by atoms with E-state index in [9.17, 15) is 0 Å². The molecule has 0 amide bonds. The molecule has 0 heterocycles. The molecule has 0 spiro atoms. The van der Waals surface area contributed by atoms with Crippen LogP contribution < -0.4 is 0 Å². The first-order valence-electron chi connectivity index (χ1n) is 6.59. The van der Waals surface area contributed by atoms with Gasteiger partial charge in [-0.15, -0.1) is 0 Å². The van der Waals surface area contributed by atoms with Crippen LogP contribution in [-0.4, -0.2) is 17.0 Å². The summed E-state index contributed by atoms with van der Waals surface area (Å²) in [7, 11) is 0. The Balaban J connectivity index is 1.78. The maximum absolute atomic E-state index is 6.25. The van der Waals surface area contributed by atoms with Crippen molar-refractivity contribution in [3.63, 3.8) is 0 Å². The molecule has 2 saturated carbocycles. The van der Waals surface area contributed by atoms with Gasteiger partial charge in [0.15, 0.2) is 0 Å². The lowest BCUT2D eigenvalue weighted by Crippen LogP contribution is -2.29. The Labute approximate surface area is 102 Å². The largest absolute Gasteiger partial charge is 0.374 e. The van der Waals surface area contributed by atoms with Crippen LogP contribution in [0, 0.1) is 5.92 Å². The van der Waals surface area contributed by atoms with Gasteiger partial charge in [-0.05, 0) is 38.0 Å². The van der Waals surface area contributed by atoms with Crippen molar-refractivity contribution in [2.24, 2.45) is 5.92 Å². The standard InChI is InChI=1S/C13H23BrO/c1-2-10-5-3-6-11(9-10)15-13-8-4-7-12(13)14/h10-13H,2-9H2,1H3. The van der Waals surface area contributed by atoms with Crippen LogP contribution in [0.4, 0.5) is 0 Å². The van der Waals surface area contributed by atoms with Crippen molar-refractivity contribution in [3.05, 3.63) is 0 Å². The summed E-state index contributed by atoms with van der Waals surface area (Å²) in [6, 6.07) is 0. The number of halogens is 1. The fraction of sp³-hybridized carbons (Fsp3) is 1.00. The van der Waals surface area contributed by atoms with Crippen LogP contribution in [0.3, 0.4) is 0 Å². The van der Waals surface area contributed by atoms with Gasteiger partial charge in [-0.3, -0.25) is 0 Å². The summed E-state index contributed by atoms with van der Waals surface area (Å²) in [5, 5.41) is 0. The normalized spacial score (nSPS) is 42.0. The maximum atomic E-state index is 6.25. The van der Waals surface area contributed by atoms with Gasteiger partial charge in [-0.2, -0.15) is 0 Å². The molecule has 0 bridgehead atoms. The van der Waals surface area contributed by atoms with Crippen molar-refractivity contribution in [2.45, 2.75) is 75.3 Å². The van der Waals surface area contributed by atoms with E-state index >= 15 is 0 Å². The highest BCUT2D eigenvalue weighted by atomic mass is 79.9. The van der Waals surface area contributed by atoms with Crippen molar-refractivity contribution in [2.75, 3.05) is 0 Å². The highest BCUT2D eigenvalue weighted by Gasteiger charge is 2.30. The van der Waals surface area contributed by atoms with Gasteiger partial charge in [0.05, 0.1) is 12.2 Å². The average Bonchev–Trinajstić information content (AvgIpc) is 2.65. The predicted octanol–water partition coefficient (Wildman–Crippen LogP) is 4.29. The summed E-state index contributed by atoms with van der Waals surface area (Å²) in [6.07, 6.45) is 11.7. The monoisotopic (exact) mass is 274 g/mol. The SMILES string of the molecule is CCC1CCCC(OC2CCCC2Br)C1. The van der Waals surface area contributed by atoms with E-state index in [0.717, 1.165) is 5.92 Å². The molecule has 2 fully saturated rings. The lowest BCUT2D eigenvalue weighted by molar-refractivity contribution is -0.0341. The highest BCUT2D eigenvalue weighted by molar-refractivity contribution is 9.09. The first-order chi connectivity index (χ1) is 7.29. The van der Waals surface area contributed by atoms with Crippen molar-refractivity contribution >= 4 is 15.9 Å². The van der Waals surface area contributed by atoms with Gasteiger partial charge in [-0.1, -0.05) is 42.1 Å². The summed E-state index contributed by atoms with van der Waals surface area (Å²) in [5.41, 5.74) is 0. The van der Waals surface area contributed by atoms with Gasteiger partial charge in [-0.25, -0.2) is 0 Å². The van der Waals surface area contributed by atoms with E-state index in [0.29, 0.717) is 17.0 Å². The van der Waals surface area contributed by atoms with Crippen LogP contribution in [0.2, 0.25) is 0 Å². The van der Waals surface area contributed by atoms with Crippen molar-refractivity contribution in [1.29, 1.82) is 0 Å². The molecule has 2 aliphatic carbocycles. The van der Waals surface area contributed by atoms with Crippen molar-refractivity contribution in [1.82, 2.24) is 0 Å². The molecule has 0 radical (unpaired) electrons. The van der Waals surface area contributed by atoms with Crippen LogP contribution in [0.5, 0.6) is 0 Å². The van der Waals surface area contributed by atoms with Gasteiger partial charge in [0.25, 0.3) is 0 Å². The van der Waals surface area contributed by atoms with E-state index in [1.807, 2.05) is 0 Å². The fourth-order valence-electron chi connectivity index (χ4n) is 3.02. The molecule has 2 heteroatoms. The summed E-state index contributed by atoms with van der Waals surface area (Å²) < 4.78 is 6.25. The Morgan fingerprint density at radius 1 is 1.13 bits per heavy atom. The Morgan fingerprint density at radius 2 is 1.93 bits per heavy atom. The summed E-state index contributed by atoms with van der Waals surface area (Å²) >= 11 is 3.74. The molecule has 0 aliphatic heterocycles. The first-order valence-corrected chi connectivity index (χ1v) is 7.50. The number of ether oxygens (including phenoxy) is 1. The van der Waals surface area contributed by atoms with E-state index in [1.54, 1.807) is 0 Å². The van der Waals surface area contributed by atoms with Crippen LogP contribution in [-0.2, 0) is 4.74 Å². The second-order valence-corrected chi connectivity index (χ2v) is 6.36. The lowest BCUT2D eigenvalue weighted by atomic mass is 9.85. The average molecular weight is 275 g/mol. The lowest BCUT2D eigenvalue weighted by Gasteiger charge is -2.31. The molecule has 0 N–H and O–H groups in total. The third-order valence-electron chi connectivity index (χ3n) is 4.05. The second kappa shape index (κ2) is 5.67. The zero-order valence-corrected chi connectivity index (χ0v) is 11.3. The molecule has 4 atom stereocenters. The molecule has 2 aliphatic rings. The van der Waals surface area contributed by atoms with Crippen LogP contribution in [0.25, 0.3) is 0 Å². The van der Waals surface area contributed by atoms with Crippen molar-refractivity contribution in [3.8, 4) is 0 Å². The first kappa shape index (κ1) is 11.9. The summed E-state index contributed by atoms with van der Waals surface area (Å²) in [5.74, 6) is 0.930. The zero-order chi connectivity index (χ0) is 10.7. The molecule has 4 unspecified atom stereocenters. The molecule has 2 rings (SSSR count). The number of rotatable bonds is 3. The fourth-order valence-corrected chi connectivity index (χ4v) is 3.73. The maximum Gasteiger partial charge on any atom is 0.0703 e. The second-order valence-electron chi connectivity index (χ2n) is 5.18. The van der Waals surface area contributed by atoms with Gasteiger partial charge in [0, 0.05) is 4.83 Å².